The predicted molar refractivity (Wildman–Crippen MR) is 78.7 cm³/mol. The van der Waals surface area contributed by atoms with Crippen molar-refractivity contribution >= 4 is 43.7 Å². The summed E-state index contributed by atoms with van der Waals surface area (Å²) in [4.78, 5) is 22.7. The van der Waals surface area contributed by atoms with Crippen LogP contribution >= 0.6 is 31.9 Å². The highest BCUT2D eigenvalue weighted by Gasteiger charge is 2.12. The Kier molecular flexibility index (Phi) is 4.61. The van der Waals surface area contributed by atoms with Crippen LogP contribution in [0.4, 0.5) is 0 Å². The van der Waals surface area contributed by atoms with Crippen LogP contribution in [0.2, 0.25) is 0 Å². The van der Waals surface area contributed by atoms with Crippen molar-refractivity contribution in [2.24, 2.45) is 0 Å². The third-order valence-electron chi connectivity index (χ3n) is 2.47. The Morgan fingerprint density at radius 2 is 1.95 bits per heavy atom. The smallest absolute Gasteiger partial charge is 0.371 e. The van der Waals surface area contributed by atoms with Crippen LogP contribution in [0.5, 0.6) is 0 Å². The van der Waals surface area contributed by atoms with E-state index in [4.69, 9.17) is 9.52 Å². The second kappa shape index (κ2) is 6.23. The van der Waals surface area contributed by atoms with Gasteiger partial charge in [0.05, 0.1) is 12.1 Å². The number of carbonyl (C=O) groups excluding carboxylic acids is 1. The van der Waals surface area contributed by atoms with E-state index in [2.05, 4.69) is 37.2 Å². The Balaban J connectivity index is 2.04. The Hall–Kier alpha value is -1.60. The molecule has 1 aromatic heterocycles. The molecule has 0 bridgehead atoms. The van der Waals surface area contributed by atoms with Gasteiger partial charge in [-0.2, -0.15) is 0 Å². The Bertz CT molecular complexity index is 666. The van der Waals surface area contributed by atoms with Gasteiger partial charge in [0.25, 0.3) is 5.91 Å². The summed E-state index contributed by atoms with van der Waals surface area (Å²) in [6.45, 7) is 0.116. The number of hydrogen-bond acceptors (Lipinski definition) is 3. The van der Waals surface area contributed by atoms with Gasteiger partial charge in [-0.15, -0.1) is 0 Å². The molecular formula is C13H9Br2NO4. The first-order valence-corrected chi connectivity index (χ1v) is 7.11. The van der Waals surface area contributed by atoms with Crippen LogP contribution in [0, 0.1) is 0 Å². The molecule has 0 aliphatic heterocycles. The summed E-state index contributed by atoms with van der Waals surface area (Å²) in [5.41, 5.74) is 0.476. The summed E-state index contributed by atoms with van der Waals surface area (Å²) in [6.07, 6.45) is 0. The van der Waals surface area contributed by atoms with Crippen LogP contribution in [0.25, 0.3) is 0 Å². The van der Waals surface area contributed by atoms with Crippen molar-refractivity contribution in [2.75, 3.05) is 0 Å². The maximum atomic E-state index is 12.0. The topological polar surface area (TPSA) is 79.5 Å². The molecule has 0 radical (unpaired) electrons. The first-order chi connectivity index (χ1) is 9.47. The van der Waals surface area contributed by atoms with Crippen LogP contribution in [-0.4, -0.2) is 17.0 Å². The molecule has 7 heteroatoms. The number of carbonyl (C=O) groups is 2. The SMILES string of the molecule is O=C(O)c1ccc(CNC(=O)c2cc(Br)ccc2Br)o1. The zero-order valence-corrected chi connectivity index (χ0v) is 13.2. The van der Waals surface area contributed by atoms with Crippen molar-refractivity contribution in [3.8, 4) is 0 Å². The standard InChI is InChI=1S/C13H9Br2NO4/c14-7-1-3-10(15)9(5-7)12(17)16-6-8-2-4-11(20-8)13(18)19/h1-5H,6H2,(H,16,17)(H,18,19). The minimum atomic E-state index is -1.14. The predicted octanol–water partition coefficient (Wildman–Crippen LogP) is 3.43. The lowest BCUT2D eigenvalue weighted by Crippen LogP contribution is -2.23. The lowest BCUT2D eigenvalue weighted by atomic mass is 10.2. The highest BCUT2D eigenvalue weighted by atomic mass is 79.9. The molecule has 2 N–H and O–H groups in total. The molecule has 0 spiro atoms. The van der Waals surface area contributed by atoms with Gasteiger partial charge in [-0.25, -0.2) is 4.79 Å². The van der Waals surface area contributed by atoms with E-state index in [9.17, 15) is 9.59 Å². The van der Waals surface area contributed by atoms with Crippen LogP contribution in [-0.2, 0) is 6.54 Å². The van der Waals surface area contributed by atoms with Gasteiger partial charge >= 0.3 is 5.97 Å². The van der Waals surface area contributed by atoms with Crippen molar-refractivity contribution in [1.29, 1.82) is 0 Å². The van der Waals surface area contributed by atoms with Crippen LogP contribution < -0.4 is 5.32 Å². The van der Waals surface area contributed by atoms with E-state index in [1.807, 2.05) is 6.07 Å². The summed E-state index contributed by atoms with van der Waals surface area (Å²) < 4.78 is 6.51. The number of carboxylic acids is 1. The molecule has 2 aromatic rings. The molecule has 0 saturated carbocycles. The van der Waals surface area contributed by atoms with Crippen LogP contribution in [0.3, 0.4) is 0 Å². The fourth-order valence-electron chi connectivity index (χ4n) is 1.52. The molecular weight excluding hydrogens is 394 g/mol. The van der Waals surface area contributed by atoms with E-state index in [1.165, 1.54) is 12.1 Å². The number of hydrogen-bond donors (Lipinski definition) is 2. The van der Waals surface area contributed by atoms with Crippen molar-refractivity contribution in [2.45, 2.75) is 6.54 Å². The van der Waals surface area contributed by atoms with E-state index < -0.39 is 5.97 Å². The number of amides is 1. The molecule has 0 fully saturated rings. The molecule has 5 nitrogen and oxygen atoms in total. The third-order valence-corrected chi connectivity index (χ3v) is 3.65. The number of benzene rings is 1. The largest absolute Gasteiger partial charge is 0.475 e. The zero-order chi connectivity index (χ0) is 14.7. The maximum absolute atomic E-state index is 12.0. The lowest BCUT2D eigenvalue weighted by Gasteiger charge is -2.06. The fraction of sp³-hybridized carbons (Fsp3) is 0.0769. The second-order valence-corrected chi connectivity index (χ2v) is 5.65. The van der Waals surface area contributed by atoms with E-state index in [0.29, 0.717) is 15.8 Å². The molecule has 0 atom stereocenters. The third kappa shape index (κ3) is 3.49. The average molecular weight is 403 g/mol. The number of nitrogens with one attached hydrogen (secondary N) is 1. The van der Waals surface area contributed by atoms with E-state index in [1.54, 1.807) is 12.1 Å². The van der Waals surface area contributed by atoms with Gasteiger partial charge in [-0.05, 0) is 46.3 Å². The maximum Gasteiger partial charge on any atom is 0.371 e. The van der Waals surface area contributed by atoms with Crippen molar-refractivity contribution in [3.05, 3.63) is 56.4 Å². The van der Waals surface area contributed by atoms with Gasteiger partial charge < -0.3 is 14.8 Å². The van der Waals surface area contributed by atoms with Gasteiger partial charge in [-0.1, -0.05) is 15.9 Å². The van der Waals surface area contributed by atoms with Crippen LogP contribution in [0.1, 0.15) is 26.7 Å². The summed E-state index contributed by atoms with van der Waals surface area (Å²) in [6, 6.07) is 8.11. The first kappa shape index (κ1) is 14.8. The molecule has 0 saturated heterocycles. The fourth-order valence-corrected chi connectivity index (χ4v) is 2.31. The highest BCUT2D eigenvalue weighted by molar-refractivity contribution is 9.11. The van der Waals surface area contributed by atoms with E-state index in [-0.39, 0.29) is 18.2 Å². The van der Waals surface area contributed by atoms with Gasteiger partial charge in [0.15, 0.2) is 0 Å². The molecule has 1 heterocycles. The second-order valence-electron chi connectivity index (χ2n) is 3.88. The molecule has 0 aliphatic carbocycles. The van der Waals surface area contributed by atoms with Crippen molar-refractivity contribution < 1.29 is 19.1 Å². The van der Waals surface area contributed by atoms with Gasteiger partial charge in [-0.3, -0.25) is 4.79 Å². The number of carboxylic acid groups (broad SMARTS) is 1. The van der Waals surface area contributed by atoms with Gasteiger partial charge in [0.2, 0.25) is 5.76 Å². The number of halogens is 2. The summed E-state index contributed by atoms with van der Waals surface area (Å²) in [5.74, 6) is -1.21. The lowest BCUT2D eigenvalue weighted by molar-refractivity contribution is 0.0660. The van der Waals surface area contributed by atoms with Crippen molar-refractivity contribution in [3.63, 3.8) is 0 Å². The minimum Gasteiger partial charge on any atom is -0.475 e. The van der Waals surface area contributed by atoms with Gasteiger partial charge in [0, 0.05) is 8.95 Å². The molecule has 0 aliphatic rings. The molecule has 1 amide bonds. The average Bonchev–Trinajstić information content (AvgIpc) is 2.88. The van der Waals surface area contributed by atoms with Crippen LogP contribution in [0.15, 0.2) is 43.7 Å². The number of aromatic carboxylic acids is 1. The molecule has 0 unspecified atom stereocenters. The van der Waals surface area contributed by atoms with Crippen molar-refractivity contribution in [1.82, 2.24) is 5.32 Å². The monoisotopic (exact) mass is 401 g/mol. The zero-order valence-electron chi connectivity index (χ0n) is 10.0. The van der Waals surface area contributed by atoms with E-state index >= 15 is 0 Å². The molecule has 20 heavy (non-hydrogen) atoms. The number of rotatable bonds is 4. The molecule has 1 aromatic carbocycles. The molecule has 104 valence electrons. The van der Waals surface area contributed by atoms with Gasteiger partial charge in [0.1, 0.15) is 5.76 Å². The summed E-state index contributed by atoms with van der Waals surface area (Å²) in [7, 11) is 0. The summed E-state index contributed by atoms with van der Waals surface area (Å²) >= 11 is 6.59. The Labute approximate surface area is 131 Å². The minimum absolute atomic E-state index is 0.116. The van der Waals surface area contributed by atoms with E-state index in [0.717, 1.165) is 4.47 Å². The summed E-state index contributed by atoms with van der Waals surface area (Å²) in [5, 5.41) is 11.4. The first-order valence-electron chi connectivity index (χ1n) is 5.52. The quantitative estimate of drug-likeness (QED) is 0.820. The highest BCUT2D eigenvalue weighted by Crippen LogP contribution is 2.21. The number of furan rings is 1. The Morgan fingerprint density at radius 1 is 1.20 bits per heavy atom. The normalized spacial score (nSPS) is 10.3. The molecule has 2 rings (SSSR count). The Morgan fingerprint density at radius 3 is 2.60 bits per heavy atom.